The van der Waals surface area contributed by atoms with Gasteiger partial charge in [-0.1, -0.05) is 0 Å². The quantitative estimate of drug-likeness (QED) is 0.320. The number of rotatable bonds is 5. The van der Waals surface area contributed by atoms with Crippen LogP contribution >= 0.6 is 0 Å². The first-order chi connectivity index (χ1) is 6.45. The van der Waals surface area contributed by atoms with Gasteiger partial charge in [-0.05, 0) is 6.92 Å². The summed E-state index contributed by atoms with van der Waals surface area (Å²) in [6.07, 6.45) is 0. The largest absolute Gasteiger partial charge is 0.481 e. The summed E-state index contributed by atoms with van der Waals surface area (Å²) in [5.41, 5.74) is 4.76. The van der Waals surface area contributed by atoms with E-state index in [0.29, 0.717) is 0 Å². The number of amides is 3. The van der Waals surface area contributed by atoms with Crippen LogP contribution in [-0.2, 0) is 9.59 Å². The van der Waals surface area contributed by atoms with Crippen LogP contribution in [0.4, 0.5) is 4.79 Å². The summed E-state index contributed by atoms with van der Waals surface area (Å²) in [7, 11) is 0. The summed E-state index contributed by atoms with van der Waals surface area (Å²) in [5.74, 6) is -2.88. The topological polar surface area (TPSA) is 122 Å². The second kappa shape index (κ2) is 5.79. The lowest BCUT2D eigenvalue weighted by Gasteiger charge is -2.07. The van der Waals surface area contributed by atoms with E-state index in [1.807, 2.05) is 0 Å². The summed E-state index contributed by atoms with van der Waals surface area (Å²) >= 11 is 0. The van der Waals surface area contributed by atoms with Gasteiger partial charge in [-0.25, -0.2) is 4.79 Å². The van der Waals surface area contributed by atoms with Gasteiger partial charge >= 0.3 is 12.0 Å². The minimum atomic E-state index is -1.19. The van der Waals surface area contributed by atoms with Gasteiger partial charge in [0.25, 0.3) is 0 Å². The normalized spacial score (nSPS) is 11.5. The predicted molar refractivity (Wildman–Crippen MR) is 47.4 cm³/mol. The van der Waals surface area contributed by atoms with Crippen molar-refractivity contribution in [3.05, 3.63) is 0 Å². The summed E-state index contributed by atoms with van der Waals surface area (Å²) in [5, 5.41) is 13.0. The Morgan fingerprint density at radius 1 is 1.29 bits per heavy atom. The van der Waals surface area contributed by atoms with E-state index in [-0.39, 0.29) is 13.1 Å². The minimum absolute atomic E-state index is 0.152. The number of carbonyl (C=O) groups is 3. The highest BCUT2D eigenvalue weighted by molar-refractivity contribution is 5.96. The Morgan fingerprint density at radius 2 is 1.79 bits per heavy atom. The van der Waals surface area contributed by atoms with E-state index in [2.05, 4.69) is 10.6 Å². The molecule has 7 nitrogen and oxygen atoms in total. The highest BCUT2D eigenvalue weighted by Crippen LogP contribution is 1.92. The van der Waals surface area contributed by atoms with Crippen molar-refractivity contribution < 1.29 is 19.5 Å². The van der Waals surface area contributed by atoms with Gasteiger partial charge in [0.2, 0.25) is 5.91 Å². The number of primary amides is 1. The van der Waals surface area contributed by atoms with Crippen molar-refractivity contribution in [3.8, 4) is 0 Å². The summed E-state index contributed by atoms with van der Waals surface area (Å²) in [6, 6.07) is -0.689. The van der Waals surface area contributed by atoms with Crippen molar-refractivity contribution >= 4 is 17.9 Å². The van der Waals surface area contributed by atoms with Gasteiger partial charge in [0.1, 0.15) is 5.92 Å². The average Bonchev–Trinajstić information content (AvgIpc) is 2.10. The molecule has 0 aliphatic carbocycles. The Balaban J connectivity index is 3.64. The van der Waals surface area contributed by atoms with Crippen LogP contribution in [-0.4, -0.2) is 36.1 Å². The lowest BCUT2D eigenvalue weighted by molar-refractivity contribution is -0.146. The van der Waals surface area contributed by atoms with Gasteiger partial charge in [-0.15, -0.1) is 0 Å². The Bertz CT molecular complexity index is 241. The highest BCUT2D eigenvalue weighted by atomic mass is 16.4. The molecule has 0 bridgehead atoms. The Morgan fingerprint density at radius 3 is 2.21 bits per heavy atom. The van der Waals surface area contributed by atoms with Crippen molar-refractivity contribution in [2.24, 2.45) is 11.7 Å². The maximum atomic E-state index is 11.0. The van der Waals surface area contributed by atoms with Crippen molar-refractivity contribution in [2.75, 3.05) is 13.1 Å². The molecule has 0 fully saturated rings. The standard InChI is InChI=1S/C7H13N3O4/c1-4(6(12)13)5(11)9-2-3-10-7(8)14/h4H,2-3H2,1H3,(H,9,11)(H,12,13)(H3,8,10,14). The molecule has 0 saturated carbocycles. The van der Waals surface area contributed by atoms with Gasteiger partial charge in [0.15, 0.2) is 0 Å². The number of hydrogen-bond acceptors (Lipinski definition) is 3. The van der Waals surface area contributed by atoms with Crippen LogP contribution in [0.25, 0.3) is 0 Å². The Hall–Kier alpha value is -1.79. The van der Waals surface area contributed by atoms with Crippen LogP contribution in [0.3, 0.4) is 0 Å². The van der Waals surface area contributed by atoms with Gasteiger partial charge in [-0.2, -0.15) is 0 Å². The smallest absolute Gasteiger partial charge is 0.315 e. The molecule has 80 valence electrons. The zero-order valence-corrected chi connectivity index (χ0v) is 7.74. The zero-order chi connectivity index (χ0) is 11.1. The summed E-state index contributed by atoms with van der Waals surface area (Å²) in [6.45, 7) is 1.60. The third-order valence-electron chi connectivity index (χ3n) is 1.49. The molecular formula is C7H13N3O4. The fourth-order valence-corrected chi connectivity index (χ4v) is 0.637. The van der Waals surface area contributed by atoms with Crippen molar-refractivity contribution in [1.82, 2.24) is 10.6 Å². The zero-order valence-electron chi connectivity index (χ0n) is 7.74. The molecule has 0 aliphatic rings. The van der Waals surface area contributed by atoms with Crippen molar-refractivity contribution in [3.63, 3.8) is 0 Å². The number of carboxylic acid groups (broad SMARTS) is 1. The molecule has 0 spiro atoms. The van der Waals surface area contributed by atoms with Crippen LogP contribution in [0.15, 0.2) is 0 Å². The number of nitrogens with two attached hydrogens (primary N) is 1. The first-order valence-electron chi connectivity index (χ1n) is 3.99. The van der Waals surface area contributed by atoms with E-state index < -0.39 is 23.8 Å². The highest BCUT2D eigenvalue weighted by Gasteiger charge is 2.19. The van der Waals surface area contributed by atoms with Gasteiger partial charge in [0.05, 0.1) is 0 Å². The molecule has 14 heavy (non-hydrogen) atoms. The van der Waals surface area contributed by atoms with Crippen LogP contribution in [0.1, 0.15) is 6.92 Å². The molecule has 0 heterocycles. The predicted octanol–water partition coefficient (Wildman–Crippen LogP) is -1.51. The number of carbonyl (C=O) groups excluding carboxylic acids is 2. The van der Waals surface area contributed by atoms with E-state index in [0.717, 1.165) is 0 Å². The summed E-state index contributed by atoms with van der Waals surface area (Å²) in [4.78, 5) is 31.5. The fourth-order valence-electron chi connectivity index (χ4n) is 0.637. The molecule has 1 unspecified atom stereocenters. The molecule has 5 N–H and O–H groups in total. The van der Waals surface area contributed by atoms with Gasteiger partial charge < -0.3 is 21.5 Å². The van der Waals surface area contributed by atoms with Gasteiger partial charge in [-0.3, -0.25) is 9.59 Å². The van der Waals surface area contributed by atoms with Crippen LogP contribution in [0, 0.1) is 5.92 Å². The monoisotopic (exact) mass is 203 g/mol. The molecule has 0 rings (SSSR count). The van der Waals surface area contributed by atoms with E-state index >= 15 is 0 Å². The number of urea groups is 1. The van der Waals surface area contributed by atoms with Crippen LogP contribution in [0.5, 0.6) is 0 Å². The van der Waals surface area contributed by atoms with E-state index in [1.165, 1.54) is 6.92 Å². The van der Waals surface area contributed by atoms with Crippen molar-refractivity contribution in [1.29, 1.82) is 0 Å². The number of hydrogen-bond donors (Lipinski definition) is 4. The molecule has 7 heteroatoms. The van der Waals surface area contributed by atoms with E-state index in [1.54, 1.807) is 0 Å². The molecule has 1 atom stereocenters. The SMILES string of the molecule is CC(C(=O)O)C(=O)NCCNC(N)=O. The van der Waals surface area contributed by atoms with Gasteiger partial charge in [0, 0.05) is 13.1 Å². The lowest BCUT2D eigenvalue weighted by Crippen LogP contribution is -2.40. The Kier molecular flexibility index (Phi) is 5.05. The molecule has 3 amide bonds. The molecule has 0 aromatic carbocycles. The third kappa shape index (κ3) is 4.96. The first kappa shape index (κ1) is 12.2. The van der Waals surface area contributed by atoms with E-state index in [9.17, 15) is 14.4 Å². The van der Waals surface area contributed by atoms with Crippen LogP contribution < -0.4 is 16.4 Å². The number of carboxylic acids is 1. The molecule has 0 aliphatic heterocycles. The summed E-state index contributed by atoms with van der Waals surface area (Å²) < 4.78 is 0. The minimum Gasteiger partial charge on any atom is -0.481 e. The molecule has 0 saturated heterocycles. The lowest BCUT2D eigenvalue weighted by atomic mass is 10.2. The van der Waals surface area contributed by atoms with Crippen LogP contribution in [0.2, 0.25) is 0 Å². The molecule has 0 aromatic rings. The first-order valence-corrected chi connectivity index (χ1v) is 3.99. The molecule has 0 radical (unpaired) electrons. The second-order valence-corrected chi connectivity index (χ2v) is 2.64. The molecule has 0 aromatic heterocycles. The Labute approximate surface area is 80.6 Å². The van der Waals surface area contributed by atoms with E-state index in [4.69, 9.17) is 10.8 Å². The number of aliphatic carboxylic acids is 1. The van der Waals surface area contributed by atoms with Crippen molar-refractivity contribution in [2.45, 2.75) is 6.92 Å². The third-order valence-corrected chi connectivity index (χ3v) is 1.49. The molecular weight excluding hydrogens is 190 g/mol. The maximum absolute atomic E-state index is 11.0. The number of nitrogens with one attached hydrogen (secondary N) is 2. The maximum Gasteiger partial charge on any atom is 0.315 e. The fraction of sp³-hybridized carbons (Fsp3) is 0.571. The average molecular weight is 203 g/mol. The second-order valence-electron chi connectivity index (χ2n) is 2.64.